The Labute approximate surface area is 276 Å². The zero-order valence-corrected chi connectivity index (χ0v) is 25.3. The van der Waals surface area contributed by atoms with Crippen molar-refractivity contribution in [1.82, 2.24) is 20.3 Å². The molecule has 0 bridgehead atoms. The van der Waals surface area contributed by atoms with Crippen molar-refractivity contribution in [3.05, 3.63) is 162 Å². The first-order chi connectivity index (χ1) is 23.6. The molecular formula is C39H23N9. The summed E-state index contributed by atoms with van der Waals surface area (Å²) >= 11 is 0. The second kappa shape index (κ2) is 13.0. The summed E-state index contributed by atoms with van der Waals surface area (Å²) in [4.78, 5) is 22.8. The number of amidine groups is 2. The van der Waals surface area contributed by atoms with Gasteiger partial charge < -0.3 is 5.32 Å². The molecule has 1 aliphatic rings. The molecule has 1 aliphatic heterocycles. The molecule has 1 atom stereocenters. The molecule has 0 saturated carbocycles. The van der Waals surface area contributed by atoms with Gasteiger partial charge in [0.25, 0.3) is 0 Å². The summed E-state index contributed by atoms with van der Waals surface area (Å²) in [5.41, 5.74) is 9.10. The van der Waals surface area contributed by atoms with E-state index < -0.39 is 6.17 Å². The van der Waals surface area contributed by atoms with Gasteiger partial charge in [-0.1, -0.05) is 54.6 Å². The standard InChI is InChI=1S/C39H23N9/c40-19-34-13-10-31(22-43-34)25-4-1-7-28(16-25)37-46-38(29-8-2-5-26(17-29)32-11-14-35(20-41)44-23-32)48-39(47-37)30-9-3-6-27(18-30)33-12-15-36(21-42)45-24-33/h1-18,22-24,37H,(H,46,47,48). The first kappa shape index (κ1) is 29.4. The number of nitrogens with zero attached hydrogens (tertiary/aromatic N) is 8. The molecule has 6 aromatic rings. The van der Waals surface area contributed by atoms with Crippen LogP contribution >= 0.6 is 0 Å². The second-order valence-corrected chi connectivity index (χ2v) is 10.9. The minimum Gasteiger partial charge on any atom is -0.344 e. The van der Waals surface area contributed by atoms with Crippen LogP contribution in [0.25, 0.3) is 33.4 Å². The van der Waals surface area contributed by atoms with E-state index in [9.17, 15) is 15.8 Å². The van der Waals surface area contributed by atoms with Gasteiger partial charge in [0.05, 0.1) is 0 Å². The Morgan fingerprint density at radius 2 is 0.938 bits per heavy atom. The molecule has 48 heavy (non-hydrogen) atoms. The zero-order chi connectivity index (χ0) is 32.9. The van der Waals surface area contributed by atoms with E-state index in [-0.39, 0.29) is 0 Å². The zero-order valence-electron chi connectivity index (χ0n) is 25.3. The number of benzene rings is 3. The third-order valence-corrected chi connectivity index (χ3v) is 7.84. The summed E-state index contributed by atoms with van der Waals surface area (Å²) in [5, 5.41) is 31.1. The molecule has 7 rings (SSSR count). The molecule has 1 N–H and O–H groups in total. The molecule has 0 amide bonds. The Bertz CT molecular complexity index is 2340. The lowest BCUT2D eigenvalue weighted by atomic mass is 10.0. The Kier molecular flexibility index (Phi) is 7.96. The van der Waals surface area contributed by atoms with E-state index in [0.717, 1.165) is 50.1 Å². The van der Waals surface area contributed by atoms with Crippen LogP contribution in [0.15, 0.2) is 138 Å². The molecule has 3 aromatic heterocycles. The first-order valence-corrected chi connectivity index (χ1v) is 14.9. The van der Waals surface area contributed by atoms with Crippen LogP contribution in [0.2, 0.25) is 0 Å². The fraction of sp³-hybridized carbons (Fsp3) is 0.0256. The number of hydrogen-bond donors (Lipinski definition) is 1. The van der Waals surface area contributed by atoms with Gasteiger partial charge in [0.1, 0.15) is 47.3 Å². The maximum absolute atomic E-state index is 9.18. The molecule has 1 unspecified atom stereocenters. The summed E-state index contributed by atoms with van der Waals surface area (Å²) in [6.45, 7) is 0. The van der Waals surface area contributed by atoms with Gasteiger partial charge in [0.2, 0.25) is 0 Å². The Balaban J connectivity index is 1.30. The number of nitriles is 3. The highest BCUT2D eigenvalue weighted by atomic mass is 15.2. The van der Waals surface area contributed by atoms with Gasteiger partial charge in [-0.2, -0.15) is 15.8 Å². The van der Waals surface area contributed by atoms with Crippen molar-refractivity contribution < 1.29 is 0 Å². The van der Waals surface area contributed by atoms with Crippen LogP contribution in [-0.2, 0) is 0 Å². The molecule has 4 heterocycles. The van der Waals surface area contributed by atoms with E-state index >= 15 is 0 Å². The van der Waals surface area contributed by atoms with Gasteiger partial charge in [0.15, 0.2) is 5.84 Å². The number of rotatable bonds is 6. The summed E-state index contributed by atoms with van der Waals surface area (Å²) in [7, 11) is 0. The van der Waals surface area contributed by atoms with E-state index in [1.807, 2.05) is 84.9 Å². The van der Waals surface area contributed by atoms with Gasteiger partial charge in [-0.3, -0.25) is 0 Å². The Hall–Kier alpha value is -7.28. The number of hydrogen-bond acceptors (Lipinski definition) is 9. The van der Waals surface area contributed by atoms with E-state index in [1.54, 1.807) is 36.8 Å². The summed E-state index contributed by atoms with van der Waals surface area (Å²) < 4.78 is 0. The highest BCUT2D eigenvalue weighted by molar-refractivity contribution is 6.13. The van der Waals surface area contributed by atoms with Crippen LogP contribution in [0.3, 0.4) is 0 Å². The van der Waals surface area contributed by atoms with Crippen LogP contribution in [0.5, 0.6) is 0 Å². The van der Waals surface area contributed by atoms with Crippen molar-refractivity contribution in [1.29, 1.82) is 15.8 Å². The SMILES string of the molecule is N#Cc1ccc(-c2cccc(C3=NC(c4cccc(-c5ccc(C#N)nc5)c4)NC(c4cccc(-c5ccc(C#N)nc5)c4)=N3)c2)cn1. The van der Waals surface area contributed by atoms with Crippen molar-refractivity contribution >= 4 is 11.7 Å². The van der Waals surface area contributed by atoms with Crippen molar-refractivity contribution in [3.8, 4) is 51.6 Å². The average molecular weight is 618 g/mol. The smallest absolute Gasteiger partial charge is 0.159 e. The molecule has 0 aliphatic carbocycles. The quantitative estimate of drug-likeness (QED) is 0.212. The van der Waals surface area contributed by atoms with Gasteiger partial charge in [-0.15, -0.1) is 0 Å². The Morgan fingerprint density at radius 3 is 1.44 bits per heavy atom. The third-order valence-electron chi connectivity index (χ3n) is 7.84. The predicted molar refractivity (Wildman–Crippen MR) is 182 cm³/mol. The fourth-order valence-corrected chi connectivity index (χ4v) is 5.36. The second-order valence-electron chi connectivity index (χ2n) is 10.9. The molecule has 0 saturated heterocycles. The summed E-state index contributed by atoms with van der Waals surface area (Å²) in [6.07, 6.45) is 4.60. The minimum atomic E-state index is -0.473. The van der Waals surface area contributed by atoms with Gasteiger partial charge in [-0.25, -0.2) is 24.9 Å². The van der Waals surface area contributed by atoms with Crippen molar-refractivity contribution in [2.75, 3.05) is 0 Å². The minimum absolute atomic E-state index is 0.354. The molecule has 3 aromatic carbocycles. The molecule has 0 spiro atoms. The molecule has 0 fully saturated rings. The molecule has 9 nitrogen and oxygen atoms in total. The number of pyridine rings is 3. The van der Waals surface area contributed by atoms with Crippen LogP contribution < -0.4 is 5.32 Å². The average Bonchev–Trinajstić information content (AvgIpc) is 3.18. The van der Waals surface area contributed by atoms with Crippen molar-refractivity contribution in [3.63, 3.8) is 0 Å². The highest BCUT2D eigenvalue weighted by Gasteiger charge is 2.22. The normalized spacial score (nSPS) is 13.6. The largest absolute Gasteiger partial charge is 0.344 e. The van der Waals surface area contributed by atoms with Crippen molar-refractivity contribution in [2.45, 2.75) is 6.17 Å². The number of aromatic nitrogens is 3. The topological polar surface area (TPSA) is 147 Å². The van der Waals surface area contributed by atoms with Crippen molar-refractivity contribution in [2.24, 2.45) is 9.98 Å². The molecule has 0 radical (unpaired) electrons. The van der Waals surface area contributed by atoms with E-state index in [2.05, 4.69) is 44.5 Å². The lowest BCUT2D eigenvalue weighted by Gasteiger charge is -2.24. The Morgan fingerprint density at radius 1 is 0.479 bits per heavy atom. The van der Waals surface area contributed by atoms with Gasteiger partial charge in [0, 0.05) is 46.4 Å². The molecular weight excluding hydrogens is 594 g/mol. The predicted octanol–water partition coefficient (Wildman–Crippen LogP) is 6.98. The van der Waals surface area contributed by atoms with Gasteiger partial charge in [-0.05, 0) is 76.9 Å². The molecule has 224 valence electrons. The number of nitrogens with one attached hydrogen (secondary N) is 1. The van der Waals surface area contributed by atoms with E-state index in [0.29, 0.717) is 28.8 Å². The molecule has 9 heteroatoms. The van der Waals surface area contributed by atoms with E-state index in [1.165, 1.54) is 0 Å². The van der Waals surface area contributed by atoms with Crippen LogP contribution in [-0.4, -0.2) is 26.6 Å². The maximum Gasteiger partial charge on any atom is 0.159 e. The maximum atomic E-state index is 9.18. The first-order valence-electron chi connectivity index (χ1n) is 14.9. The summed E-state index contributed by atoms with van der Waals surface area (Å²) in [5.74, 6) is 1.19. The number of aliphatic imine (C=N–C) groups is 2. The fourth-order valence-electron chi connectivity index (χ4n) is 5.36. The summed E-state index contributed by atoms with van der Waals surface area (Å²) in [6, 6.07) is 40.9. The van der Waals surface area contributed by atoms with Crippen LogP contribution in [0.1, 0.15) is 39.9 Å². The van der Waals surface area contributed by atoms with E-state index in [4.69, 9.17) is 9.98 Å². The lowest BCUT2D eigenvalue weighted by Crippen LogP contribution is -2.33. The lowest BCUT2D eigenvalue weighted by molar-refractivity contribution is 0.674. The monoisotopic (exact) mass is 617 g/mol. The third kappa shape index (κ3) is 6.14. The highest BCUT2D eigenvalue weighted by Crippen LogP contribution is 2.29. The van der Waals surface area contributed by atoms with Crippen LogP contribution in [0.4, 0.5) is 0 Å². The van der Waals surface area contributed by atoms with Crippen LogP contribution in [0, 0.1) is 34.0 Å². The van der Waals surface area contributed by atoms with Gasteiger partial charge >= 0.3 is 0 Å².